The SMILES string of the molecule is c1cc(C2CC2)nc(-c2c[nH]c3ccc(-c4cncc(C5CC5)n4)cc23)n1. The molecule has 0 amide bonds. The zero-order valence-electron chi connectivity index (χ0n) is 14.9. The first kappa shape index (κ1) is 15.0. The topological polar surface area (TPSA) is 67.3 Å². The Hall–Kier alpha value is -3.08. The minimum absolute atomic E-state index is 0.600. The molecular formula is C22H19N5. The number of nitrogens with one attached hydrogen (secondary N) is 1. The Morgan fingerprint density at radius 1 is 0.889 bits per heavy atom. The highest BCUT2D eigenvalue weighted by molar-refractivity contribution is 5.96. The van der Waals surface area contributed by atoms with Gasteiger partial charge in [0.15, 0.2) is 5.82 Å². The Morgan fingerprint density at radius 3 is 2.59 bits per heavy atom. The number of H-pyrrole nitrogens is 1. The summed E-state index contributed by atoms with van der Waals surface area (Å²) in [6, 6.07) is 8.42. The monoisotopic (exact) mass is 353 g/mol. The maximum atomic E-state index is 4.84. The molecule has 4 aromatic rings. The molecule has 2 aliphatic carbocycles. The fourth-order valence-corrected chi connectivity index (χ4v) is 3.67. The molecule has 5 heteroatoms. The predicted molar refractivity (Wildman–Crippen MR) is 104 cm³/mol. The fraction of sp³-hybridized carbons (Fsp3) is 0.273. The van der Waals surface area contributed by atoms with Crippen molar-refractivity contribution in [3.05, 3.63) is 60.4 Å². The van der Waals surface area contributed by atoms with Crippen molar-refractivity contribution in [3.63, 3.8) is 0 Å². The fourth-order valence-electron chi connectivity index (χ4n) is 3.67. The van der Waals surface area contributed by atoms with Gasteiger partial charge >= 0.3 is 0 Å². The molecule has 0 unspecified atom stereocenters. The van der Waals surface area contributed by atoms with E-state index in [1.54, 1.807) is 0 Å². The number of aromatic amines is 1. The van der Waals surface area contributed by atoms with E-state index in [0.717, 1.165) is 44.9 Å². The lowest BCUT2D eigenvalue weighted by Crippen LogP contribution is -1.93. The van der Waals surface area contributed by atoms with Crippen LogP contribution >= 0.6 is 0 Å². The molecular weight excluding hydrogens is 334 g/mol. The Balaban J connectivity index is 1.45. The molecule has 0 radical (unpaired) electrons. The van der Waals surface area contributed by atoms with Crippen molar-refractivity contribution >= 4 is 10.9 Å². The minimum atomic E-state index is 0.600. The third-order valence-electron chi connectivity index (χ3n) is 5.54. The van der Waals surface area contributed by atoms with E-state index in [1.165, 1.54) is 25.7 Å². The number of aromatic nitrogens is 5. The van der Waals surface area contributed by atoms with Crippen molar-refractivity contribution in [3.8, 4) is 22.6 Å². The second-order valence-corrected chi connectivity index (χ2v) is 7.65. The molecule has 2 fully saturated rings. The summed E-state index contributed by atoms with van der Waals surface area (Å²) in [7, 11) is 0. The first-order valence-electron chi connectivity index (χ1n) is 9.62. The van der Waals surface area contributed by atoms with Crippen molar-refractivity contribution in [1.29, 1.82) is 0 Å². The maximum absolute atomic E-state index is 4.84. The number of nitrogens with zero attached hydrogens (tertiary/aromatic N) is 4. The number of hydrogen-bond donors (Lipinski definition) is 1. The highest BCUT2D eigenvalue weighted by Crippen LogP contribution is 2.40. The van der Waals surface area contributed by atoms with Crippen LogP contribution in [0.25, 0.3) is 33.5 Å². The molecule has 2 saturated carbocycles. The Kier molecular flexibility index (Phi) is 3.18. The summed E-state index contributed by atoms with van der Waals surface area (Å²) in [4.78, 5) is 22.0. The van der Waals surface area contributed by atoms with Crippen LogP contribution in [0.1, 0.15) is 48.9 Å². The summed E-state index contributed by atoms with van der Waals surface area (Å²) in [5, 5.41) is 1.12. The van der Waals surface area contributed by atoms with Crippen LogP contribution in [-0.4, -0.2) is 24.9 Å². The molecule has 6 rings (SSSR count). The van der Waals surface area contributed by atoms with Gasteiger partial charge in [-0.25, -0.2) is 15.0 Å². The van der Waals surface area contributed by atoms with E-state index in [2.05, 4.69) is 33.2 Å². The summed E-state index contributed by atoms with van der Waals surface area (Å²) in [5.41, 5.74) is 6.41. The Morgan fingerprint density at radius 2 is 1.74 bits per heavy atom. The molecule has 132 valence electrons. The van der Waals surface area contributed by atoms with Gasteiger partial charge in [0.25, 0.3) is 0 Å². The summed E-state index contributed by atoms with van der Waals surface area (Å²) in [5.74, 6) is 2.01. The van der Waals surface area contributed by atoms with E-state index >= 15 is 0 Å². The van der Waals surface area contributed by atoms with Crippen molar-refractivity contribution in [1.82, 2.24) is 24.9 Å². The van der Waals surface area contributed by atoms with Gasteiger partial charge < -0.3 is 4.98 Å². The third-order valence-corrected chi connectivity index (χ3v) is 5.54. The van der Waals surface area contributed by atoms with Crippen LogP contribution in [-0.2, 0) is 0 Å². The molecule has 3 heterocycles. The molecule has 0 saturated heterocycles. The molecule has 1 aromatic carbocycles. The first-order chi connectivity index (χ1) is 13.3. The smallest absolute Gasteiger partial charge is 0.161 e. The van der Waals surface area contributed by atoms with Gasteiger partial charge in [-0.3, -0.25) is 4.98 Å². The van der Waals surface area contributed by atoms with Crippen molar-refractivity contribution in [2.75, 3.05) is 0 Å². The lowest BCUT2D eigenvalue weighted by molar-refractivity contribution is 0.992. The van der Waals surface area contributed by atoms with Crippen LogP contribution in [0.3, 0.4) is 0 Å². The van der Waals surface area contributed by atoms with Crippen LogP contribution < -0.4 is 0 Å². The minimum Gasteiger partial charge on any atom is -0.360 e. The van der Waals surface area contributed by atoms with E-state index in [9.17, 15) is 0 Å². The van der Waals surface area contributed by atoms with E-state index in [-0.39, 0.29) is 0 Å². The van der Waals surface area contributed by atoms with Gasteiger partial charge in [-0.2, -0.15) is 0 Å². The highest BCUT2D eigenvalue weighted by Gasteiger charge is 2.26. The Labute approximate surface area is 156 Å². The van der Waals surface area contributed by atoms with Crippen molar-refractivity contribution in [2.45, 2.75) is 37.5 Å². The zero-order chi connectivity index (χ0) is 17.8. The van der Waals surface area contributed by atoms with Gasteiger partial charge in [-0.1, -0.05) is 6.07 Å². The molecule has 1 N–H and O–H groups in total. The average molecular weight is 353 g/mol. The predicted octanol–water partition coefficient (Wildman–Crippen LogP) is 4.84. The normalized spacial score (nSPS) is 16.7. The molecule has 0 bridgehead atoms. The second-order valence-electron chi connectivity index (χ2n) is 7.65. The quantitative estimate of drug-likeness (QED) is 0.570. The van der Waals surface area contributed by atoms with Gasteiger partial charge in [0.1, 0.15) is 0 Å². The van der Waals surface area contributed by atoms with E-state index < -0.39 is 0 Å². The molecule has 5 nitrogen and oxygen atoms in total. The first-order valence-corrected chi connectivity index (χ1v) is 9.62. The summed E-state index contributed by atoms with van der Waals surface area (Å²) < 4.78 is 0. The van der Waals surface area contributed by atoms with Gasteiger partial charge in [0.05, 0.1) is 17.6 Å². The van der Waals surface area contributed by atoms with Gasteiger partial charge in [0.2, 0.25) is 0 Å². The van der Waals surface area contributed by atoms with Crippen LogP contribution in [0, 0.1) is 0 Å². The molecule has 0 atom stereocenters. The summed E-state index contributed by atoms with van der Waals surface area (Å²) in [6.07, 6.45) is 12.6. The number of rotatable bonds is 4. The van der Waals surface area contributed by atoms with Crippen molar-refractivity contribution < 1.29 is 0 Å². The van der Waals surface area contributed by atoms with Crippen LogP contribution in [0.2, 0.25) is 0 Å². The standard InChI is InChI=1S/C22H19N5/c1-2-13(1)18-7-8-24-22(27-18)17-10-25-19-6-5-15(9-16(17)19)21-12-23-11-20(26-21)14-3-4-14/h5-14,25H,1-4H2. The van der Waals surface area contributed by atoms with Crippen LogP contribution in [0.15, 0.2) is 49.1 Å². The molecule has 0 aliphatic heterocycles. The van der Waals surface area contributed by atoms with Crippen LogP contribution in [0.5, 0.6) is 0 Å². The zero-order valence-corrected chi connectivity index (χ0v) is 14.9. The highest BCUT2D eigenvalue weighted by atomic mass is 14.9. The number of benzene rings is 1. The molecule has 27 heavy (non-hydrogen) atoms. The van der Waals surface area contributed by atoms with E-state index in [1.807, 2.05) is 30.9 Å². The van der Waals surface area contributed by atoms with E-state index in [4.69, 9.17) is 9.97 Å². The summed E-state index contributed by atoms with van der Waals surface area (Å²) in [6.45, 7) is 0. The molecule has 3 aromatic heterocycles. The van der Waals surface area contributed by atoms with Crippen molar-refractivity contribution in [2.24, 2.45) is 0 Å². The average Bonchev–Trinajstić information content (AvgIpc) is 3.64. The third kappa shape index (κ3) is 2.70. The van der Waals surface area contributed by atoms with Crippen LogP contribution in [0.4, 0.5) is 0 Å². The van der Waals surface area contributed by atoms with E-state index in [0.29, 0.717) is 11.8 Å². The number of hydrogen-bond acceptors (Lipinski definition) is 4. The second kappa shape index (κ2) is 5.71. The van der Waals surface area contributed by atoms with Gasteiger partial charge in [-0.05, 0) is 43.9 Å². The number of fused-ring (bicyclic) bond motifs is 1. The van der Waals surface area contributed by atoms with Gasteiger partial charge in [-0.15, -0.1) is 0 Å². The van der Waals surface area contributed by atoms with Gasteiger partial charge in [0, 0.05) is 58.2 Å². The lowest BCUT2D eigenvalue weighted by Gasteiger charge is -2.05. The summed E-state index contributed by atoms with van der Waals surface area (Å²) >= 11 is 0. The lowest BCUT2D eigenvalue weighted by atomic mass is 10.1. The maximum Gasteiger partial charge on any atom is 0.161 e. The Bertz CT molecular complexity index is 1150. The largest absolute Gasteiger partial charge is 0.360 e. The molecule has 2 aliphatic rings. The molecule has 0 spiro atoms.